The standard InChI is InChI=1S/C8H8IN3O/c9-6-1-2-7-8(5-6)12(3-4-13)11-10-7/h1-2,5,13H,3-4H2. The summed E-state index contributed by atoms with van der Waals surface area (Å²) in [5.74, 6) is 0. The predicted molar refractivity (Wildman–Crippen MR) is 57.3 cm³/mol. The van der Waals surface area contributed by atoms with Gasteiger partial charge in [-0.2, -0.15) is 0 Å². The Morgan fingerprint density at radius 3 is 3.08 bits per heavy atom. The van der Waals surface area contributed by atoms with Crippen molar-refractivity contribution >= 4 is 33.6 Å². The minimum absolute atomic E-state index is 0.0872. The molecule has 2 rings (SSSR count). The van der Waals surface area contributed by atoms with Gasteiger partial charge in [0.15, 0.2) is 0 Å². The SMILES string of the molecule is OCCn1nnc2ccc(I)cc21. The molecule has 0 aliphatic carbocycles. The van der Waals surface area contributed by atoms with Gasteiger partial charge in [-0.25, -0.2) is 4.68 Å². The highest BCUT2D eigenvalue weighted by atomic mass is 127. The van der Waals surface area contributed by atoms with Crippen LogP contribution in [0.25, 0.3) is 11.0 Å². The molecule has 0 aliphatic rings. The highest BCUT2D eigenvalue weighted by Crippen LogP contribution is 2.14. The maximum absolute atomic E-state index is 8.78. The van der Waals surface area contributed by atoms with Gasteiger partial charge in [0.25, 0.3) is 0 Å². The molecule has 0 saturated carbocycles. The van der Waals surface area contributed by atoms with Gasteiger partial charge < -0.3 is 5.11 Å². The normalized spacial score (nSPS) is 10.9. The molecule has 68 valence electrons. The maximum Gasteiger partial charge on any atom is 0.113 e. The summed E-state index contributed by atoms with van der Waals surface area (Å²) in [6.45, 7) is 0.584. The molecule has 1 aromatic carbocycles. The quantitative estimate of drug-likeness (QED) is 0.840. The number of hydrogen-bond donors (Lipinski definition) is 1. The molecule has 0 radical (unpaired) electrons. The van der Waals surface area contributed by atoms with Gasteiger partial charge >= 0.3 is 0 Å². The molecular formula is C8H8IN3O. The van der Waals surface area contributed by atoms with Crippen LogP contribution in [0.1, 0.15) is 0 Å². The van der Waals surface area contributed by atoms with Crippen molar-refractivity contribution in [2.45, 2.75) is 6.54 Å². The van der Waals surface area contributed by atoms with E-state index in [9.17, 15) is 0 Å². The van der Waals surface area contributed by atoms with Crippen LogP contribution in [0.15, 0.2) is 18.2 Å². The third kappa shape index (κ3) is 1.66. The van der Waals surface area contributed by atoms with E-state index in [4.69, 9.17) is 5.11 Å². The van der Waals surface area contributed by atoms with Crippen molar-refractivity contribution in [2.24, 2.45) is 0 Å². The van der Waals surface area contributed by atoms with Crippen LogP contribution in [-0.4, -0.2) is 26.7 Å². The van der Waals surface area contributed by atoms with Gasteiger partial charge in [0.05, 0.1) is 18.7 Å². The third-order valence-electron chi connectivity index (χ3n) is 1.79. The lowest BCUT2D eigenvalue weighted by Crippen LogP contribution is -2.03. The lowest BCUT2D eigenvalue weighted by atomic mass is 10.3. The molecule has 0 spiro atoms. The molecule has 5 heteroatoms. The first kappa shape index (κ1) is 8.89. The van der Waals surface area contributed by atoms with Crippen LogP contribution >= 0.6 is 22.6 Å². The van der Waals surface area contributed by atoms with Gasteiger partial charge in [-0.1, -0.05) is 5.21 Å². The van der Waals surface area contributed by atoms with Crippen molar-refractivity contribution in [3.05, 3.63) is 21.8 Å². The van der Waals surface area contributed by atoms with Crippen molar-refractivity contribution in [1.29, 1.82) is 0 Å². The molecule has 0 aliphatic heterocycles. The summed E-state index contributed by atoms with van der Waals surface area (Å²) in [5, 5.41) is 16.7. The second-order valence-electron chi connectivity index (χ2n) is 2.67. The number of fused-ring (bicyclic) bond motifs is 1. The van der Waals surface area contributed by atoms with Crippen LogP contribution in [0.4, 0.5) is 0 Å². The molecule has 1 N–H and O–H groups in total. The van der Waals surface area contributed by atoms with Crippen LogP contribution < -0.4 is 0 Å². The molecule has 1 aromatic heterocycles. The average Bonchev–Trinajstić information content (AvgIpc) is 2.49. The lowest BCUT2D eigenvalue weighted by Gasteiger charge is -1.97. The number of rotatable bonds is 2. The van der Waals surface area contributed by atoms with E-state index in [1.54, 1.807) is 4.68 Å². The zero-order valence-corrected chi connectivity index (χ0v) is 8.97. The third-order valence-corrected chi connectivity index (χ3v) is 2.46. The van der Waals surface area contributed by atoms with E-state index < -0.39 is 0 Å². The van der Waals surface area contributed by atoms with E-state index in [0.717, 1.165) is 14.6 Å². The van der Waals surface area contributed by atoms with Gasteiger partial charge in [-0.3, -0.25) is 0 Å². The van der Waals surface area contributed by atoms with Gasteiger partial charge in [0.2, 0.25) is 0 Å². The Morgan fingerprint density at radius 2 is 2.31 bits per heavy atom. The van der Waals surface area contributed by atoms with E-state index in [1.165, 1.54) is 0 Å². The predicted octanol–water partition coefficient (Wildman–Crippen LogP) is 1.03. The monoisotopic (exact) mass is 289 g/mol. The summed E-state index contributed by atoms with van der Waals surface area (Å²) in [6.07, 6.45) is 0. The fraction of sp³-hybridized carbons (Fsp3) is 0.250. The first-order valence-electron chi connectivity index (χ1n) is 3.91. The maximum atomic E-state index is 8.78. The number of benzene rings is 1. The molecule has 0 amide bonds. The summed E-state index contributed by atoms with van der Waals surface area (Å²) < 4.78 is 2.85. The van der Waals surface area contributed by atoms with Crippen molar-refractivity contribution < 1.29 is 5.11 Å². The number of aromatic nitrogens is 3. The Morgan fingerprint density at radius 1 is 1.46 bits per heavy atom. The van der Waals surface area contributed by atoms with Gasteiger partial charge in [0.1, 0.15) is 5.52 Å². The van der Waals surface area contributed by atoms with Gasteiger partial charge in [-0.15, -0.1) is 5.10 Å². The zero-order chi connectivity index (χ0) is 9.26. The number of aliphatic hydroxyl groups is 1. The topological polar surface area (TPSA) is 50.9 Å². The van der Waals surface area contributed by atoms with Crippen molar-refractivity contribution in [3.63, 3.8) is 0 Å². The minimum atomic E-state index is 0.0872. The molecule has 0 saturated heterocycles. The van der Waals surface area contributed by atoms with Crippen LogP contribution in [0.3, 0.4) is 0 Å². The van der Waals surface area contributed by atoms with Crippen molar-refractivity contribution in [1.82, 2.24) is 15.0 Å². The second kappa shape index (κ2) is 3.59. The van der Waals surface area contributed by atoms with Crippen molar-refractivity contribution in [2.75, 3.05) is 6.61 Å². The zero-order valence-electron chi connectivity index (χ0n) is 6.81. The molecule has 13 heavy (non-hydrogen) atoms. The molecule has 0 atom stereocenters. The van der Waals surface area contributed by atoms with Crippen LogP contribution in [0, 0.1) is 3.57 Å². The fourth-order valence-corrected chi connectivity index (χ4v) is 1.67. The molecular weight excluding hydrogens is 281 g/mol. The molecule has 4 nitrogen and oxygen atoms in total. The fourth-order valence-electron chi connectivity index (χ4n) is 1.20. The summed E-state index contributed by atoms with van der Waals surface area (Å²) in [5.41, 5.74) is 1.84. The largest absolute Gasteiger partial charge is 0.394 e. The summed E-state index contributed by atoms with van der Waals surface area (Å²) in [6, 6.07) is 5.92. The smallest absolute Gasteiger partial charge is 0.113 e. The first-order valence-corrected chi connectivity index (χ1v) is 4.99. The first-order chi connectivity index (χ1) is 6.31. The number of hydrogen-bond acceptors (Lipinski definition) is 3. The second-order valence-corrected chi connectivity index (χ2v) is 3.91. The van der Waals surface area contributed by atoms with E-state index in [1.807, 2.05) is 18.2 Å². The Kier molecular flexibility index (Phi) is 2.45. The van der Waals surface area contributed by atoms with Gasteiger partial charge in [0, 0.05) is 3.57 Å². The Balaban J connectivity index is 2.58. The van der Waals surface area contributed by atoms with Crippen LogP contribution in [-0.2, 0) is 6.54 Å². The number of aliphatic hydroxyl groups excluding tert-OH is 1. The molecule has 0 unspecified atom stereocenters. The Hall–Kier alpha value is -0.690. The van der Waals surface area contributed by atoms with Crippen LogP contribution in [0.5, 0.6) is 0 Å². The average molecular weight is 289 g/mol. The number of nitrogens with zero attached hydrogens (tertiary/aromatic N) is 3. The molecule has 1 heterocycles. The van der Waals surface area contributed by atoms with Crippen molar-refractivity contribution in [3.8, 4) is 0 Å². The van der Waals surface area contributed by atoms with E-state index in [0.29, 0.717) is 6.54 Å². The lowest BCUT2D eigenvalue weighted by molar-refractivity contribution is 0.270. The molecule has 0 bridgehead atoms. The molecule has 2 aromatic rings. The van der Waals surface area contributed by atoms with Crippen LogP contribution in [0.2, 0.25) is 0 Å². The highest BCUT2D eigenvalue weighted by molar-refractivity contribution is 14.1. The minimum Gasteiger partial charge on any atom is -0.394 e. The summed E-state index contributed by atoms with van der Waals surface area (Å²) >= 11 is 2.24. The summed E-state index contributed by atoms with van der Waals surface area (Å²) in [4.78, 5) is 0. The van der Waals surface area contributed by atoms with E-state index in [-0.39, 0.29) is 6.61 Å². The Bertz CT molecular complexity index is 426. The Labute approximate surface area is 88.7 Å². The van der Waals surface area contributed by atoms with Gasteiger partial charge in [-0.05, 0) is 40.8 Å². The molecule has 0 fully saturated rings. The number of halogens is 1. The van der Waals surface area contributed by atoms with E-state index in [2.05, 4.69) is 32.9 Å². The van der Waals surface area contributed by atoms with E-state index >= 15 is 0 Å². The highest BCUT2D eigenvalue weighted by Gasteiger charge is 2.03. The summed E-state index contributed by atoms with van der Waals surface area (Å²) in [7, 11) is 0.